The molecule has 0 saturated carbocycles. The Kier molecular flexibility index (Phi) is 13.1. The van der Waals surface area contributed by atoms with Crippen molar-refractivity contribution in [2.45, 2.75) is 0 Å². The zero-order chi connectivity index (χ0) is 62.1. The van der Waals surface area contributed by atoms with Crippen LogP contribution < -0.4 is 0 Å². The van der Waals surface area contributed by atoms with Gasteiger partial charge in [0.2, 0.25) is 0 Å². The third kappa shape index (κ3) is 9.41. The fourth-order valence-corrected chi connectivity index (χ4v) is 13.9. The molecule has 438 valence electrons. The lowest BCUT2D eigenvalue weighted by atomic mass is 9.94. The first kappa shape index (κ1) is 54.2. The highest BCUT2D eigenvalue weighted by Gasteiger charge is 2.19. The Bertz CT molecular complexity index is 6100. The molecule has 19 rings (SSSR count). The molecule has 0 radical (unpaired) electrons. The summed E-state index contributed by atoms with van der Waals surface area (Å²) in [6.45, 7) is 0. The summed E-state index contributed by atoms with van der Waals surface area (Å²) in [6, 6.07) is 117. The van der Waals surface area contributed by atoms with Crippen LogP contribution in [0.25, 0.3) is 177 Å². The molecule has 0 bridgehead atoms. The van der Waals surface area contributed by atoms with E-state index < -0.39 is 0 Å². The molecule has 7 heteroatoms. The lowest BCUT2D eigenvalue weighted by molar-refractivity contribution is 0.949. The third-order valence-electron chi connectivity index (χ3n) is 18.4. The molecular formula is C87H55N7. The molecule has 0 unspecified atom stereocenters. The highest BCUT2D eigenvalue weighted by atomic mass is 15.3. The number of imidazole rings is 1. The molecule has 0 atom stereocenters. The van der Waals surface area contributed by atoms with E-state index in [4.69, 9.17) is 25.0 Å². The molecule has 7 nitrogen and oxygen atoms in total. The Hall–Kier alpha value is -12.7. The number of fused-ring (bicyclic) bond motifs is 14. The summed E-state index contributed by atoms with van der Waals surface area (Å²) in [6.07, 6.45) is 0. The van der Waals surface area contributed by atoms with Gasteiger partial charge >= 0.3 is 0 Å². The molecule has 14 aromatic carbocycles. The van der Waals surface area contributed by atoms with Gasteiger partial charge in [-0.05, 0) is 98.4 Å². The van der Waals surface area contributed by atoms with Crippen LogP contribution in [0.4, 0.5) is 0 Å². The van der Waals surface area contributed by atoms with E-state index in [-0.39, 0.29) is 0 Å². The number of nitrogens with zero attached hydrogens (tertiary/aromatic N) is 7. The third-order valence-corrected chi connectivity index (χ3v) is 18.4. The second kappa shape index (κ2) is 22.6. The number of hydrogen-bond acceptors (Lipinski definition) is 5. The van der Waals surface area contributed by atoms with Crippen LogP contribution >= 0.6 is 0 Å². The van der Waals surface area contributed by atoms with Gasteiger partial charge in [0.15, 0.2) is 5.82 Å². The molecule has 0 spiro atoms. The van der Waals surface area contributed by atoms with Gasteiger partial charge < -0.3 is 0 Å². The number of para-hydroxylation sites is 5. The normalized spacial score (nSPS) is 11.6. The predicted molar refractivity (Wildman–Crippen MR) is 390 cm³/mol. The molecule has 0 aliphatic heterocycles. The minimum atomic E-state index is 0.833. The van der Waals surface area contributed by atoms with Gasteiger partial charge in [-0.3, -0.25) is 4.57 Å². The van der Waals surface area contributed by atoms with E-state index in [9.17, 15) is 0 Å². The molecule has 5 aromatic heterocycles. The van der Waals surface area contributed by atoms with E-state index in [0.717, 1.165) is 123 Å². The molecule has 0 fully saturated rings. The van der Waals surface area contributed by atoms with Crippen molar-refractivity contribution in [1.29, 1.82) is 0 Å². The van der Waals surface area contributed by atoms with Crippen LogP contribution in [-0.2, 0) is 0 Å². The van der Waals surface area contributed by atoms with Gasteiger partial charge in [0.25, 0.3) is 0 Å². The highest BCUT2D eigenvalue weighted by molar-refractivity contribution is 6.23. The average Bonchev–Trinajstić information content (AvgIpc) is 0.893. The summed E-state index contributed by atoms with van der Waals surface area (Å²) in [5.41, 5.74) is 20.1. The molecule has 0 saturated heterocycles. The Balaban J connectivity index is 0.000000138. The first-order chi connectivity index (χ1) is 46.6. The first-order valence-corrected chi connectivity index (χ1v) is 31.8. The lowest BCUT2D eigenvalue weighted by Crippen LogP contribution is -1.99. The number of aromatic nitrogens is 7. The largest absolute Gasteiger partial charge is 0.292 e. The summed E-state index contributed by atoms with van der Waals surface area (Å²) in [5, 5.41) is 18.3. The summed E-state index contributed by atoms with van der Waals surface area (Å²) < 4.78 is 4.23. The van der Waals surface area contributed by atoms with Gasteiger partial charge in [-0.1, -0.05) is 279 Å². The van der Waals surface area contributed by atoms with E-state index in [1.54, 1.807) is 0 Å². The number of hydrogen-bond donors (Lipinski definition) is 0. The Morgan fingerprint density at radius 1 is 0.223 bits per heavy atom. The molecule has 0 amide bonds. The van der Waals surface area contributed by atoms with Crippen molar-refractivity contribution in [3.8, 4) is 84.5 Å². The van der Waals surface area contributed by atoms with Gasteiger partial charge in [0, 0.05) is 71.2 Å². The monoisotopic (exact) mass is 1200 g/mol. The summed E-state index contributed by atoms with van der Waals surface area (Å²) in [5.74, 6) is 1.77. The van der Waals surface area contributed by atoms with E-state index in [1.165, 1.54) is 53.9 Å². The number of benzene rings is 14. The van der Waals surface area contributed by atoms with Crippen LogP contribution in [0.5, 0.6) is 0 Å². The van der Waals surface area contributed by atoms with E-state index >= 15 is 0 Å². The average molecular weight is 1200 g/mol. The van der Waals surface area contributed by atoms with Gasteiger partial charge in [-0.15, -0.1) is 0 Å². The molecule has 0 aliphatic rings. The van der Waals surface area contributed by atoms with Crippen LogP contribution in [0.3, 0.4) is 0 Å². The van der Waals surface area contributed by atoms with E-state index in [0.29, 0.717) is 0 Å². The number of pyridine rings is 2. The molecule has 94 heavy (non-hydrogen) atoms. The van der Waals surface area contributed by atoms with Gasteiger partial charge in [0.05, 0.1) is 50.2 Å². The minimum Gasteiger partial charge on any atom is -0.292 e. The summed E-state index contributed by atoms with van der Waals surface area (Å²) in [7, 11) is 0. The van der Waals surface area contributed by atoms with Crippen molar-refractivity contribution in [2.75, 3.05) is 0 Å². The molecule has 5 heterocycles. The zero-order valence-electron chi connectivity index (χ0n) is 50.9. The van der Waals surface area contributed by atoms with Crippen LogP contribution in [0.1, 0.15) is 0 Å². The topological polar surface area (TPSA) is 73.8 Å². The molecular weight excluding hydrogens is 1140 g/mol. The second-order valence-electron chi connectivity index (χ2n) is 23.9. The van der Waals surface area contributed by atoms with Crippen LogP contribution in [0.15, 0.2) is 334 Å². The molecule has 0 N–H and O–H groups in total. The fraction of sp³-hybridized carbons (Fsp3) is 0. The SMILES string of the molecule is c1ccc(-c2nc3ccccc3c3cc(-c4ccc(-c5ccc(-c6nc7ccccc7c7c6ccc6ccccc67)cc5)cc4)nn23)cc1.c1ccc(-c2nc3ccccc3n2-c2ccc(-c3cccc(-c4nc5ccccc5c5c4ccc4ccccc45)c3)cc2)cc1. The maximum absolute atomic E-state index is 5.22. The predicted octanol–water partition coefficient (Wildman–Crippen LogP) is 22.3. The van der Waals surface area contributed by atoms with Gasteiger partial charge in [-0.25, -0.2) is 24.5 Å². The summed E-state index contributed by atoms with van der Waals surface area (Å²) in [4.78, 5) is 20.4. The molecule has 0 aliphatic carbocycles. The smallest absolute Gasteiger partial charge is 0.161 e. The van der Waals surface area contributed by atoms with Crippen molar-refractivity contribution in [3.63, 3.8) is 0 Å². The maximum atomic E-state index is 5.22. The van der Waals surface area contributed by atoms with Crippen LogP contribution in [0.2, 0.25) is 0 Å². The van der Waals surface area contributed by atoms with Gasteiger partial charge in [-0.2, -0.15) is 5.10 Å². The van der Waals surface area contributed by atoms with Crippen molar-refractivity contribution < 1.29 is 0 Å². The highest BCUT2D eigenvalue weighted by Crippen LogP contribution is 2.41. The Morgan fingerprint density at radius 2 is 0.649 bits per heavy atom. The van der Waals surface area contributed by atoms with Crippen LogP contribution in [-0.4, -0.2) is 34.1 Å². The maximum Gasteiger partial charge on any atom is 0.161 e. The molecule has 19 aromatic rings. The van der Waals surface area contributed by atoms with Gasteiger partial charge in [0.1, 0.15) is 5.82 Å². The van der Waals surface area contributed by atoms with E-state index in [1.807, 2.05) is 40.9 Å². The Morgan fingerprint density at radius 3 is 1.26 bits per heavy atom. The van der Waals surface area contributed by atoms with Crippen molar-refractivity contribution in [2.24, 2.45) is 0 Å². The minimum absolute atomic E-state index is 0.833. The van der Waals surface area contributed by atoms with E-state index in [2.05, 4.69) is 302 Å². The summed E-state index contributed by atoms with van der Waals surface area (Å²) >= 11 is 0. The lowest BCUT2D eigenvalue weighted by Gasteiger charge is -2.14. The quantitative estimate of drug-likeness (QED) is 0.142. The van der Waals surface area contributed by atoms with Crippen molar-refractivity contribution >= 4 is 92.3 Å². The zero-order valence-corrected chi connectivity index (χ0v) is 50.9. The van der Waals surface area contributed by atoms with Crippen LogP contribution in [0, 0.1) is 0 Å². The fourth-order valence-electron chi connectivity index (χ4n) is 13.9. The Labute approximate surface area is 541 Å². The van der Waals surface area contributed by atoms with Crippen molar-refractivity contribution in [3.05, 3.63) is 334 Å². The van der Waals surface area contributed by atoms with Crippen molar-refractivity contribution in [1.82, 2.24) is 34.1 Å². The standard InChI is InChI=1S/C45H28N4.C42H27N3/c1-2-11-34(12-3-1)45-47-39-16-8-6-14-36(39)42-28-41(48-49(42)45)32-22-18-29(19-23-32)30-20-24-33(25-21-30)44-38-27-26-31-10-4-5-13-35(31)43(38)37-15-7-9-17-40(37)46-44;1-2-12-30(13-3-1)42-44-38-19-8-9-20-39(38)45(42)33-24-21-28(22-25-33)31-14-10-15-32(27-31)41-36-26-23-29-11-4-5-16-34(29)40(36)35-17-6-7-18-37(35)43-41/h1-28H;1-27H. The first-order valence-electron chi connectivity index (χ1n) is 31.8. The second-order valence-corrected chi connectivity index (χ2v) is 23.9. The number of rotatable bonds is 8.